The normalized spacial score (nSPS) is 22.1. The zero-order chi connectivity index (χ0) is 28.9. The van der Waals surface area contributed by atoms with Gasteiger partial charge in [0.2, 0.25) is 5.91 Å². The highest BCUT2D eigenvalue weighted by molar-refractivity contribution is 6.42. The summed E-state index contributed by atoms with van der Waals surface area (Å²) in [4.78, 5) is 28.1. The number of rotatable bonds is 9. The zero-order valence-electron chi connectivity index (χ0n) is 23.9. The summed E-state index contributed by atoms with van der Waals surface area (Å²) in [7, 11) is 0. The summed E-state index contributed by atoms with van der Waals surface area (Å²) in [5.41, 5.74) is 2.97. The molecule has 0 spiro atoms. The van der Waals surface area contributed by atoms with Crippen LogP contribution in [0.25, 0.3) is 0 Å². The molecule has 1 N–H and O–H groups in total. The smallest absolute Gasteiger partial charge is 0.419 e. The first-order valence-electron chi connectivity index (χ1n) is 14.4. The Morgan fingerprint density at radius 2 is 1.67 bits per heavy atom. The van der Waals surface area contributed by atoms with Crippen molar-refractivity contribution in [1.29, 1.82) is 0 Å². The molecule has 5 rings (SSSR count). The van der Waals surface area contributed by atoms with Crippen LogP contribution in [-0.2, 0) is 21.6 Å². The molecule has 0 aliphatic carbocycles. The fourth-order valence-corrected chi connectivity index (χ4v) is 6.79. The van der Waals surface area contributed by atoms with E-state index in [0.29, 0.717) is 36.3 Å². The van der Waals surface area contributed by atoms with E-state index in [1.165, 1.54) is 0 Å². The van der Waals surface area contributed by atoms with Gasteiger partial charge in [-0.05, 0) is 36.1 Å². The van der Waals surface area contributed by atoms with Crippen LogP contribution in [0.3, 0.4) is 0 Å². The van der Waals surface area contributed by atoms with Crippen molar-refractivity contribution in [2.24, 2.45) is 0 Å². The van der Waals surface area contributed by atoms with Crippen LogP contribution in [0, 0.1) is 0 Å². The SMILES string of the molecule is CC(=O)NC1(c2ccccc2)CCN(CCC[N+]2(Cc3ccccc3)CC(c3ccc(Cl)c(Cl)c3)COC2=O)CC1.Cl. The maximum absolute atomic E-state index is 13.5. The molecule has 0 saturated carbocycles. The average molecular weight is 632 g/mol. The molecule has 3 aromatic carbocycles. The molecule has 2 aliphatic heterocycles. The van der Waals surface area contributed by atoms with E-state index >= 15 is 0 Å². The Morgan fingerprint density at radius 3 is 2.31 bits per heavy atom. The summed E-state index contributed by atoms with van der Waals surface area (Å²) >= 11 is 12.5. The molecule has 2 aliphatic rings. The first kappa shape index (κ1) is 32.3. The average Bonchev–Trinajstić information content (AvgIpc) is 2.98. The number of benzene rings is 3. The van der Waals surface area contributed by atoms with E-state index in [2.05, 4.69) is 34.5 Å². The standard InChI is InChI=1S/C33H37Cl2N3O3.ClH/c1-25(39)36-33(29-11-6-3-7-12-29)15-18-37(19-16-33)17-8-20-38(22-26-9-4-2-5-10-26)23-28(24-41-32(38)40)27-13-14-30(34)31(35)21-27;/h2-7,9-14,21,28H,8,15-20,22-24H2,1H3;1H/p+1. The van der Waals surface area contributed by atoms with Crippen LogP contribution in [0.5, 0.6) is 0 Å². The van der Waals surface area contributed by atoms with Crippen molar-refractivity contribution in [3.8, 4) is 0 Å². The Kier molecular flexibility index (Phi) is 11.0. The van der Waals surface area contributed by atoms with E-state index in [1.807, 2.05) is 54.6 Å². The highest BCUT2D eigenvalue weighted by atomic mass is 35.5. The molecule has 224 valence electrons. The second-order valence-electron chi connectivity index (χ2n) is 11.5. The van der Waals surface area contributed by atoms with E-state index in [0.717, 1.165) is 55.6 Å². The van der Waals surface area contributed by atoms with Gasteiger partial charge in [0.15, 0.2) is 0 Å². The number of piperidine rings is 1. The molecule has 2 amide bonds. The molecule has 0 radical (unpaired) electrons. The topological polar surface area (TPSA) is 58.6 Å². The summed E-state index contributed by atoms with van der Waals surface area (Å²) in [6.07, 6.45) is 2.39. The fraction of sp³-hybridized carbons (Fsp3) is 0.394. The van der Waals surface area contributed by atoms with Gasteiger partial charge < -0.3 is 15.0 Å². The highest BCUT2D eigenvalue weighted by Crippen LogP contribution is 2.35. The molecule has 6 nitrogen and oxygen atoms in total. The summed E-state index contributed by atoms with van der Waals surface area (Å²) in [5, 5.41) is 4.29. The third-order valence-electron chi connectivity index (χ3n) is 8.62. The van der Waals surface area contributed by atoms with Gasteiger partial charge in [0.1, 0.15) is 13.2 Å². The van der Waals surface area contributed by atoms with Gasteiger partial charge in [0.25, 0.3) is 0 Å². The minimum atomic E-state index is -0.339. The van der Waals surface area contributed by atoms with Crippen LogP contribution < -0.4 is 5.32 Å². The van der Waals surface area contributed by atoms with E-state index < -0.39 is 0 Å². The highest BCUT2D eigenvalue weighted by Gasteiger charge is 2.46. The third kappa shape index (κ3) is 7.47. The van der Waals surface area contributed by atoms with E-state index in [1.54, 1.807) is 6.92 Å². The molecular weight excluding hydrogens is 593 g/mol. The van der Waals surface area contributed by atoms with Gasteiger partial charge in [-0.1, -0.05) is 89.9 Å². The predicted octanol–water partition coefficient (Wildman–Crippen LogP) is 7.18. The van der Waals surface area contributed by atoms with E-state index in [4.69, 9.17) is 27.9 Å². The van der Waals surface area contributed by atoms with Gasteiger partial charge >= 0.3 is 6.09 Å². The molecule has 2 saturated heterocycles. The molecule has 9 heteroatoms. The second kappa shape index (κ2) is 14.2. The Morgan fingerprint density at radius 1 is 1.00 bits per heavy atom. The lowest BCUT2D eigenvalue weighted by Crippen LogP contribution is -2.59. The number of halogens is 3. The van der Waals surface area contributed by atoms with Gasteiger partial charge in [-0.25, -0.2) is 4.48 Å². The number of nitrogens with zero attached hydrogens (tertiary/aromatic N) is 2. The number of carbonyl (C=O) groups excluding carboxylic acids is 2. The van der Waals surface area contributed by atoms with Gasteiger partial charge in [-0.3, -0.25) is 4.79 Å². The Hall–Kier alpha value is -2.61. The van der Waals surface area contributed by atoms with Gasteiger partial charge in [0.05, 0.1) is 34.6 Å². The summed E-state index contributed by atoms with van der Waals surface area (Å²) < 4.78 is 6.10. The molecule has 0 bridgehead atoms. The lowest BCUT2D eigenvalue weighted by molar-refractivity contribution is -0.878. The molecular formula is C33H39Cl3N3O3+. The van der Waals surface area contributed by atoms with Crippen molar-refractivity contribution in [3.63, 3.8) is 0 Å². The quantitative estimate of drug-likeness (QED) is 0.254. The summed E-state index contributed by atoms with van der Waals surface area (Å²) in [6, 6.07) is 26.1. The number of hydrogen-bond donors (Lipinski definition) is 1. The van der Waals surface area contributed by atoms with Gasteiger partial charge in [-0.2, -0.15) is 4.79 Å². The van der Waals surface area contributed by atoms with Gasteiger partial charge in [-0.15, -0.1) is 12.4 Å². The number of amides is 2. The van der Waals surface area contributed by atoms with Crippen LogP contribution >= 0.6 is 35.6 Å². The number of likely N-dealkylation sites (tertiary alicyclic amines) is 1. The first-order valence-corrected chi connectivity index (χ1v) is 15.1. The van der Waals surface area contributed by atoms with Crippen molar-refractivity contribution in [3.05, 3.63) is 106 Å². The largest absolute Gasteiger partial charge is 0.516 e. The van der Waals surface area contributed by atoms with Crippen molar-refractivity contribution in [1.82, 2.24) is 10.2 Å². The van der Waals surface area contributed by atoms with Crippen molar-refractivity contribution in [2.75, 3.05) is 39.3 Å². The van der Waals surface area contributed by atoms with Gasteiger partial charge in [0, 0.05) is 38.5 Å². The Labute approximate surface area is 264 Å². The van der Waals surface area contributed by atoms with Crippen LogP contribution in [0.2, 0.25) is 10.0 Å². The van der Waals surface area contributed by atoms with E-state index in [9.17, 15) is 9.59 Å². The number of carbonyl (C=O) groups is 2. The molecule has 2 unspecified atom stereocenters. The zero-order valence-corrected chi connectivity index (χ0v) is 26.3. The van der Waals surface area contributed by atoms with E-state index in [-0.39, 0.29) is 40.3 Å². The number of nitrogens with one attached hydrogen (secondary N) is 1. The summed E-state index contributed by atoms with van der Waals surface area (Å²) in [5.74, 6) is 0.0279. The Balaban J connectivity index is 0.00000405. The lowest BCUT2D eigenvalue weighted by atomic mass is 9.80. The first-order chi connectivity index (χ1) is 19.8. The van der Waals surface area contributed by atoms with Crippen LogP contribution in [-0.4, -0.2) is 60.7 Å². The number of quaternary nitrogens is 1. The van der Waals surface area contributed by atoms with Crippen molar-refractivity contribution in [2.45, 2.75) is 44.2 Å². The number of cyclic esters (lactones) is 1. The maximum atomic E-state index is 13.5. The van der Waals surface area contributed by atoms with Crippen molar-refractivity contribution < 1.29 is 18.8 Å². The van der Waals surface area contributed by atoms with Crippen LogP contribution in [0.15, 0.2) is 78.9 Å². The molecule has 2 heterocycles. The molecule has 2 fully saturated rings. The fourth-order valence-electron chi connectivity index (χ4n) is 6.48. The monoisotopic (exact) mass is 630 g/mol. The number of ether oxygens (including phenoxy) is 1. The minimum Gasteiger partial charge on any atom is -0.419 e. The number of hydrogen-bond acceptors (Lipinski definition) is 4. The van der Waals surface area contributed by atoms with Crippen molar-refractivity contribution >= 4 is 47.6 Å². The predicted molar refractivity (Wildman–Crippen MR) is 170 cm³/mol. The maximum Gasteiger partial charge on any atom is 0.516 e. The van der Waals surface area contributed by atoms with Crippen LogP contribution in [0.4, 0.5) is 4.79 Å². The lowest BCUT2D eigenvalue weighted by Gasteiger charge is -2.43. The molecule has 0 aromatic heterocycles. The molecule has 2 atom stereocenters. The van der Waals surface area contributed by atoms with Crippen LogP contribution in [0.1, 0.15) is 48.8 Å². The second-order valence-corrected chi connectivity index (χ2v) is 12.3. The molecule has 3 aromatic rings. The third-order valence-corrected chi connectivity index (χ3v) is 9.36. The minimum absolute atomic E-state index is 0. The summed E-state index contributed by atoms with van der Waals surface area (Å²) in [6.45, 7) is 6.47. The molecule has 42 heavy (non-hydrogen) atoms. The Bertz CT molecular complexity index is 1350.